The van der Waals surface area contributed by atoms with Gasteiger partial charge in [0, 0.05) is 22.2 Å². The minimum absolute atomic E-state index is 0.0839. The quantitative estimate of drug-likeness (QED) is 0.804. The van der Waals surface area contributed by atoms with Crippen LogP contribution in [0, 0.1) is 12.8 Å². The first-order chi connectivity index (χ1) is 9.58. The molecule has 3 heteroatoms. The van der Waals surface area contributed by atoms with E-state index in [-0.39, 0.29) is 5.54 Å². The average molecular weight is 339 g/mol. The minimum atomic E-state index is 0.0839. The number of halogens is 1. The molecule has 3 N–H and O–H groups in total. The number of hydrogen-bond acceptors (Lipinski definition) is 2. The first kappa shape index (κ1) is 15.8. The van der Waals surface area contributed by atoms with E-state index in [1.54, 1.807) is 0 Å². The fraction of sp³-hybridized carbons (Fsp3) is 0.647. The second kappa shape index (κ2) is 6.95. The molecule has 0 amide bonds. The van der Waals surface area contributed by atoms with Crippen LogP contribution in [0.15, 0.2) is 22.7 Å². The van der Waals surface area contributed by atoms with E-state index in [9.17, 15) is 0 Å². The summed E-state index contributed by atoms with van der Waals surface area (Å²) in [5.41, 5.74) is 8.66. The van der Waals surface area contributed by atoms with Crippen LogP contribution in [0.3, 0.4) is 0 Å². The molecule has 1 saturated carbocycles. The van der Waals surface area contributed by atoms with Crippen LogP contribution in [0.1, 0.15) is 51.0 Å². The monoisotopic (exact) mass is 338 g/mol. The van der Waals surface area contributed by atoms with Crippen molar-refractivity contribution in [2.75, 3.05) is 11.9 Å². The highest BCUT2D eigenvalue weighted by atomic mass is 79.9. The lowest BCUT2D eigenvalue weighted by molar-refractivity contribution is 0.247. The Bertz CT molecular complexity index is 437. The molecule has 1 aromatic rings. The van der Waals surface area contributed by atoms with Crippen molar-refractivity contribution in [2.45, 2.75) is 57.9 Å². The summed E-state index contributed by atoms with van der Waals surface area (Å²) in [6.45, 7) is 5.13. The molecule has 0 heterocycles. The van der Waals surface area contributed by atoms with Crippen LogP contribution in [0.4, 0.5) is 5.69 Å². The van der Waals surface area contributed by atoms with Gasteiger partial charge in [0.05, 0.1) is 0 Å². The fourth-order valence-electron chi connectivity index (χ4n) is 3.33. The average Bonchev–Trinajstić information content (AvgIpc) is 2.45. The van der Waals surface area contributed by atoms with Crippen LogP contribution in [0.2, 0.25) is 0 Å². The van der Waals surface area contributed by atoms with Gasteiger partial charge < -0.3 is 11.1 Å². The number of benzene rings is 1. The molecule has 112 valence electrons. The van der Waals surface area contributed by atoms with E-state index in [0.29, 0.717) is 6.54 Å². The Morgan fingerprint density at radius 2 is 2.05 bits per heavy atom. The molecule has 0 unspecified atom stereocenters. The third kappa shape index (κ3) is 3.76. The third-order valence-corrected chi connectivity index (χ3v) is 5.36. The smallest absolute Gasteiger partial charge is 0.0496 e. The summed E-state index contributed by atoms with van der Waals surface area (Å²) in [7, 11) is 0. The Hall–Kier alpha value is -0.540. The molecule has 2 nitrogen and oxygen atoms in total. The predicted octanol–water partition coefficient (Wildman–Crippen LogP) is 4.86. The Morgan fingerprint density at radius 3 is 2.65 bits per heavy atom. The largest absolute Gasteiger partial charge is 0.377 e. The molecule has 1 fully saturated rings. The summed E-state index contributed by atoms with van der Waals surface area (Å²) < 4.78 is 1.13. The molecule has 0 aromatic heterocycles. The predicted molar refractivity (Wildman–Crippen MR) is 91.2 cm³/mol. The molecule has 0 aliphatic heterocycles. The van der Waals surface area contributed by atoms with Crippen molar-refractivity contribution in [3.05, 3.63) is 28.2 Å². The lowest BCUT2D eigenvalue weighted by atomic mass is 9.75. The van der Waals surface area contributed by atoms with Gasteiger partial charge in [-0.25, -0.2) is 0 Å². The highest BCUT2D eigenvalue weighted by Gasteiger charge is 2.34. The van der Waals surface area contributed by atoms with E-state index >= 15 is 0 Å². The Balaban J connectivity index is 2.07. The van der Waals surface area contributed by atoms with Gasteiger partial charge in [-0.15, -0.1) is 0 Å². The topological polar surface area (TPSA) is 38.0 Å². The number of aryl methyl sites for hydroxylation is 1. The van der Waals surface area contributed by atoms with Crippen molar-refractivity contribution in [3.63, 3.8) is 0 Å². The fourth-order valence-corrected chi connectivity index (χ4v) is 3.67. The highest BCUT2D eigenvalue weighted by Crippen LogP contribution is 2.37. The zero-order chi connectivity index (χ0) is 14.6. The van der Waals surface area contributed by atoms with E-state index in [2.05, 4.69) is 53.3 Å². The molecule has 20 heavy (non-hydrogen) atoms. The summed E-state index contributed by atoms with van der Waals surface area (Å²) in [6, 6.07) is 6.45. The maximum absolute atomic E-state index is 6.12. The summed E-state index contributed by atoms with van der Waals surface area (Å²) in [5, 5.41) is 3.74. The van der Waals surface area contributed by atoms with Crippen LogP contribution >= 0.6 is 15.9 Å². The summed E-state index contributed by atoms with van der Waals surface area (Å²) in [5.74, 6) is 0.905. The SMILES string of the molecule is CCCC1CCC(CN)(Nc2cc(C)ccc2Br)CC1. The number of nitrogens with one attached hydrogen (secondary N) is 1. The van der Waals surface area contributed by atoms with E-state index in [1.807, 2.05) is 0 Å². The van der Waals surface area contributed by atoms with Crippen molar-refractivity contribution in [2.24, 2.45) is 11.7 Å². The van der Waals surface area contributed by atoms with Crippen molar-refractivity contribution in [3.8, 4) is 0 Å². The van der Waals surface area contributed by atoms with Crippen LogP contribution in [0.25, 0.3) is 0 Å². The van der Waals surface area contributed by atoms with Crippen LogP contribution in [-0.2, 0) is 0 Å². The van der Waals surface area contributed by atoms with Crippen LogP contribution < -0.4 is 11.1 Å². The lowest BCUT2D eigenvalue weighted by Gasteiger charge is -2.41. The van der Waals surface area contributed by atoms with Gasteiger partial charge in [0.1, 0.15) is 0 Å². The molecular weight excluding hydrogens is 312 g/mol. The molecule has 0 spiro atoms. The standard InChI is InChI=1S/C17H27BrN2/c1-3-4-14-7-9-17(12-19,10-8-14)20-16-11-13(2)5-6-15(16)18/h5-6,11,14,20H,3-4,7-10,12,19H2,1-2H3. The van der Waals surface area contributed by atoms with Gasteiger partial charge >= 0.3 is 0 Å². The highest BCUT2D eigenvalue weighted by molar-refractivity contribution is 9.10. The van der Waals surface area contributed by atoms with Crippen LogP contribution in [0.5, 0.6) is 0 Å². The first-order valence-corrected chi connectivity index (χ1v) is 8.62. The molecular formula is C17H27BrN2. The van der Waals surface area contributed by atoms with E-state index in [4.69, 9.17) is 5.73 Å². The van der Waals surface area contributed by atoms with Crippen molar-refractivity contribution < 1.29 is 0 Å². The summed E-state index contributed by atoms with van der Waals surface area (Å²) in [6.07, 6.45) is 7.66. The summed E-state index contributed by atoms with van der Waals surface area (Å²) >= 11 is 3.64. The van der Waals surface area contributed by atoms with E-state index in [1.165, 1.54) is 49.8 Å². The number of hydrogen-bond donors (Lipinski definition) is 2. The molecule has 0 bridgehead atoms. The molecule has 1 aliphatic rings. The van der Waals surface area contributed by atoms with Crippen LogP contribution in [-0.4, -0.2) is 12.1 Å². The molecule has 0 atom stereocenters. The number of anilines is 1. The Morgan fingerprint density at radius 1 is 1.35 bits per heavy atom. The maximum Gasteiger partial charge on any atom is 0.0496 e. The van der Waals surface area contributed by atoms with Gasteiger partial charge in [-0.3, -0.25) is 0 Å². The minimum Gasteiger partial charge on any atom is -0.377 e. The number of nitrogens with two attached hydrogens (primary N) is 1. The van der Waals surface area contributed by atoms with E-state index in [0.717, 1.165) is 10.4 Å². The van der Waals surface area contributed by atoms with Crippen molar-refractivity contribution >= 4 is 21.6 Å². The van der Waals surface area contributed by atoms with Crippen molar-refractivity contribution in [1.82, 2.24) is 0 Å². The third-order valence-electron chi connectivity index (χ3n) is 4.67. The maximum atomic E-state index is 6.12. The van der Waals surface area contributed by atoms with Gasteiger partial charge in [-0.2, -0.15) is 0 Å². The second-order valence-electron chi connectivity index (χ2n) is 6.32. The lowest BCUT2D eigenvalue weighted by Crippen LogP contribution is -2.48. The zero-order valence-corrected chi connectivity index (χ0v) is 14.3. The molecule has 2 rings (SSSR count). The van der Waals surface area contributed by atoms with Gasteiger partial charge in [0.2, 0.25) is 0 Å². The van der Waals surface area contributed by atoms with E-state index < -0.39 is 0 Å². The second-order valence-corrected chi connectivity index (χ2v) is 7.18. The molecule has 0 saturated heterocycles. The first-order valence-electron chi connectivity index (χ1n) is 7.83. The molecule has 0 radical (unpaired) electrons. The number of rotatable bonds is 5. The zero-order valence-electron chi connectivity index (χ0n) is 12.7. The Kier molecular flexibility index (Phi) is 5.50. The van der Waals surface area contributed by atoms with Gasteiger partial charge in [-0.05, 0) is 72.2 Å². The summed E-state index contributed by atoms with van der Waals surface area (Å²) in [4.78, 5) is 0. The molecule has 1 aliphatic carbocycles. The van der Waals surface area contributed by atoms with Gasteiger partial charge in [0.15, 0.2) is 0 Å². The molecule has 1 aromatic carbocycles. The van der Waals surface area contributed by atoms with Gasteiger partial charge in [-0.1, -0.05) is 25.8 Å². The normalized spacial score (nSPS) is 26.5. The van der Waals surface area contributed by atoms with Crippen molar-refractivity contribution in [1.29, 1.82) is 0 Å². The Labute approximate surface area is 131 Å². The van der Waals surface area contributed by atoms with Gasteiger partial charge in [0.25, 0.3) is 0 Å².